The molecule has 0 amide bonds. The zero-order chi connectivity index (χ0) is 12.8. The molecule has 0 spiro atoms. The molecule has 0 aromatic heterocycles. The first-order valence-electron chi connectivity index (χ1n) is 6.45. The molecule has 1 aliphatic carbocycles. The second kappa shape index (κ2) is 6.62. The molecule has 1 atom stereocenters. The van der Waals surface area contributed by atoms with Crippen LogP contribution in [0.3, 0.4) is 0 Å². The maximum atomic E-state index is 11.8. The van der Waals surface area contributed by atoms with Crippen molar-refractivity contribution in [2.24, 2.45) is 17.8 Å². The van der Waals surface area contributed by atoms with E-state index >= 15 is 0 Å². The minimum atomic E-state index is -0.750. The van der Waals surface area contributed by atoms with Gasteiger partial charge in [-0.1, -0.05) is 26.2 Å². The standard InChI is InChI=1S/C13H22O4/c1-4-16-12(14)11(13(15)17-5-2)9(3)10-7-6-8-10/h9-11H,4-8H2,1-3H3. The molecule has 1 saturated carbocycles. The second-order valence-corrected chi connectivity index (χ2v) is 4.53. The van der Waals surface area contributed by atoms with E-state index in [-0.39, 0.29) is 5.92 Å². The van der Waals surface area contributed by atoms with Crippen LogP contribution in [0.1, 0.15) is 40.0 Å². The zero-order valence-electron chi connectivity index (χ0n) is 10.9. The Morgan fingerprint density at radius 1 is 1.12 bits per heavy atom. The predicted molar refractivity (Wildman–Crippen MR) is 63.3 cm³/mol. The maximum absolute atomic E-state index is 11.8. The fourth-order valence-corrected chi connectivity index (χ4v) is 2.23. The molecule has 1 rings (SSSR count). The highest BCUT2D eigenvalue weighted by molar-refractivity contribution is 5.95. The molecule has 0 radical (unpaired) electrons. The lowest BCUT2D eigenvalue weighted by Crippen LogP contribution is -2.38. The van der Waals surface area contributed by atoms with E-state index in [0.29, 0.717) is 19.1 Å². The number of hydrogen-bond donors (Lipinski definition) is 0. The van der Waals surface area contributed by atoms with Crippen molar-refractivity contribution in [3.8, 4) is 0 Å². The van der Waals surface area contributed by atoms with Gasteiger partial charge < -0.3 is 9.47 Å². The highest BCUT2D eigenvalue weighted by Gasteiger charge is 2.40. The summed E-state index contributed by atoms with van der Waals surface area (Å²) in [5, 5.41) is 0. The Balaban J connectivity index is 2.69. The molecule has 0 saturated heterocycles. The molecule has 17 heavy (non-hydrogen) atoms. The lowest BCUT2D eigenvalue weighted by atomic mass is 9.71. The summed E-state index contributed by atoms with van der Waals surface area (Å²) in [6, 6.07) is 0. The first-order chi connectivity index (χ1) is 8.11. The van der Waals surface area contributed by atoms with E-state index in [4.69, 9.17) is 9.47 Å². The second-order valence-electron chi connectivity index (χ2n) is 4.53. The Labute approximate surface area is 103 Å². The Bertz CT molecular complexity index is 253. The summed E-state index contributed by atoms with van der Waals surface area (Å²) in [5.74, 6) is -1.16. The molecule has 1 aliphatic rings. The molecule has 0 aliphatic heterocycles. The molecular formula is C13H22O4. The fourth-order valence-electron chi connectivity index (χ4n) is 2.23. The molecular weight excluding hydrogens is 220 g/mol. The van der Waals surface area contributed by atoms with E-state index in [1.54, 1.807) is 13.8 Å². The minimum Gasteiger partial charge on any atom is -0.465 e. The average Bonchev–Trinajstić information content (AvgIpc) is 2.15. The van der Waals surface area contributed by atoms with Crippen molar-refractivity contribution in [2.75, 3.05) is 13.2 Å². The van der Waals surface area contributed by atoms with Crippen molar-refractivity contribution >= 4 is 11.9 Å². The fraction of sp³-hybridized carbons (Fsp3) is 0.846. The monoisotopic (exact) mass is 242 g/mol. The van der Waals surface area contributed by atoms with Crippen LogP contribution in [-0.2, 0) is 19.1 Å². The third kappa shape index (κ3) is 3.45. The van der Waals surface area contributed by atoms with Crippen LogP contribution in [0.5, 0.6) is 0 Å². The summed E-state index contributed by atoms with van der Waals surface area (Å²) < 4.78 is 9.94. The van der Waals surface area contributed by atoms with Gasteiger partial charge in [0.1, 0.15) is 0 Å². The highest BCUT2D eigenvalue weighted by atomic mass is 16.6. The number of ether oxygens (including phenoxy) is 2. The molecule has 0 bridgehead atoms. The zero-order valence-corrected chi connectivity index (χ0v) is 10.9. The van der Waals surface area contributed by atoms with Gasteiger partial charge in [0, 0.05) is 0 Å². The van der Waals surface area contributed by atoms with Crippen molar-refractivity contribution in [1.29, 1.82) is 0 Å². The van der Waals surface area contributed by atoms with E-state index in [1.165, 1.54) is 6.42 Å². The summed E-state index contributed by atoms with van der Waals surface area (Å²) >= 11 is 0. The van der Waals surface area contributed by atoms with E-state index in [1.807, 2.05) is 6.92 Å². The van der Waals surface area contributed by atoms with Gasteiger partial charge >= 0.3 is 11.9 Å². The first-order valence-corrected chi connectivity index (χ1v) is 6.45. The van der Waals surface area contributed by atoms with Crippen LogP contribution < -0.4 is 0 Å². The van der Waals surface area contributed by atoms with Gasteiger partial charge in [-0.2, -0.15) is 0 Å². The van der Waals surface area contributed by atoms with E-state index < -0.39 is 17.9 Å². The van der Waals surface area contributed by atoms with Gasteiger partial charge in [0.05, 0.1) is 13.2 Å². The van der Waals surface area contributed by atoms with Gasteiger partial charge in [0.25, 0.3) is 0 Å². The quantitative estimate of drug-likeness (QED) is 0.529. The Hall–Kier alpha value is -1.06. The van der Waals surface area contributed by atoms with E-state index in [9.17, 15) is 9.59 Å². The summed E-state index contributed by atoms with van der Waals surface area (Å²) in [6.07, 6.45) is 3.38. The highest BCUT2D eigenvalue weighted by Crippen LogP contribution is 2.37. The predicted octanol–water partition coefficient (Wildman–Crippen LogP) is 2.17. The van der Waals surface area contributed by atoms with Crippen molar-refractivity contribution in [3.05, 3.63) is 0 Å². The van der Waals surface area contributed by atoms with Crippen molar-refractivity contribution in [3.63, 3.8) is 0 Å². The van der Waals surface area contributed by atoms with Crippen molar-refractivity contribution in [2.45, 2.75) is 40.0 Å². The maximum Gasteiger partial charge on any atom is 0.320 e. The van der Waals surface area contributed by atoms with Crippen LogP contribution in [0.2, 0.25) is 0 Å². The normalized spacial score (nSPS) is 17.4. The lowest BCUT2D eigenvalue weighted by molar-refractivity contribution is -0.165. The van der Waals surface area contributed by atoms with Crippen LogP contribution >= 0.6 is 0 Å². The Morgan fingerprint density at radius 3 is 1.88 bits per heavy atom. The molecule has 4 nitrogen and oxygen atoms in total. The van der Waals surface area contributed by atoms with Crippen LogP contribution in [0.15, 0.2) is 0 Å². The van der Waals surface area contributed by atoms with Gasteiger partial charge in [-0.3, -0.25) is 9.59 Å². The number of hydrogen-bond acceptors (Lipinski definition) is 4. The molecule has 4 heteroatoms. The van der Waals surface area contributed by atoms with E-state index in [2.05, 4.69) is 0 Å². The molecule has 0 N–H and O–H groups in total. The topological polar surface area (TPSA) is 52.6 Å². The number of carbonyl (C=O) groups is 2. The molecule has 98 valence electrons. The van der Waals surface area contributed by atoms with Crippen LogP contribution in [0.25, 0.3) is 0 Å². The Morgan fingerprint density at radius 2 is 1.59 bits per heavy atom. The number of esters is 2. The van der Waals surface area contributed by atoms with Crippen LogP contribution in [-0.4, -0.2) is 25.2 Å². The van der Waals surface area contributed by atoms with Gasteiger partial charge in [0.2, 0.25) is 0 Å². The molecule has 0 aromatic carbocycles. The van der Waals surface area contributed by atoms with Gasteiger partial charge in [-0.15, -0.1) is 0 Å². The van der Waals surface area contributed by atoms with Gasteiger partial charge in [-0.25, -0.2) is 0 Å². The first kappa shape index (κ1) is 14.0. The molecule has 1 fully saturated rings. The van der Waals surface area contributed by atoms with Crippen LogP contribution in [0, 0.1) is 17.8 Å². The SMILES string of the molecule is CCOC(=O)C(C(=O)OCC)C(C)C1CCC1. The van der Waals surface area contributed by atoms with E-state index in [0.717, 1.165) is 12.8 Å². The van der Waals surface area contributed by atoms with Crippen LogP contribution in [0.4, 0.5) is 0 Å². The number of rotatable bonds is 6. The average molecular weight is 242 g/mol. The smallest absolute Gasteiger partial charge is 0.320 e. The lowest BCUT2D eigenvalue weighted by Gasteiger charge is -2.34. The van der Waals surface area contributed by atoms with Gasteiger partial charge in [0.15, 0.2) is 5.92 Å². The molecule has 0 aromatic rings. The molecule has 1 unspecified atom stereocenters. The third-order valence-corrected chi connectivity index (χ3v) is 3.50. The summed E-state index contributed by atoms with van der Waals surface area (Å²) in [6.45, 7) is 6.03. The summed E-state index contributed by atoms with van der Waals surface area (Å²) in [4.78, 5) is 23.6. The third-order valence-electron chi connectivity index (χ3n) is 3.50. The summed E-state index contributed by atoms with van der Waals surface area (Å²) in [7, 11) is 0. The number of carbonyl (C=O) groups excluding carboxylic acids is 2. The van der Waals surface area contributed by atoms with Crippen molar-refractivity contribution < 1.29 is 19.1 Å². The van der Waals surface area contributed by atoms with Crippen molar-refractivity contribution in [1.82, 2.24) is 0 Å². The van der Waals surface area contributed by atoms with Gasteiger partial charge in [-0.05, 0) is 25.7 Å². The molecule has 0 heterocycles. The minimum absolute atomic E-state index is 0.0156. The Kier molecular flexibility index (Phi) is 5.45. The largest absolute Gasteiger partial charge is 0.465 e. The summed E-state index contributed by atoms with van der Waals surface area (Å²) in [5.41, 5.74) is 0.